The molecule has 0 aliphatic carbocycles. The summed E-state index contributed by atoms with van der Waals surface area (Å²) in [6, 6.07) is 0. The molecule has 0 aromatic heterocycles. The Bertz CT molecular complexity index is 159. The Labute approximate surface area is 88.4 Å². The molecule has 0 rings (SSSR count). The zero-order valence-corrected chi connectivity index (χ0v) is 9.99. The van der Waals surface area contributed by atoms with E-state index in [0.717, 1.165) is 18.8 Å². The highest BCUT2D eigenvalue weighted by Crippen LogP contribution is 2.22. The Kier molecular flexibility index (Phi) is 8.32. The number of hydrogen-bond donors (Lipinski definition) is 0. The molecule has 0 fully saturated rings. The Balaban J connectivity index is 4.05. The average molecular weight is 198 g/mol. The Morgan fingerprint density at radius 1 is 1.31 bits per heavy atom. The van der Waals surface area contributed by atoms with Crippen LogP contribution in [0.3, 0.4) is 0 Å². The van der Waals surface area contributed by atoms with Gasteiger partial charge in [-0.05, 0) is 43.9 Å². The van der Waals surface area contributed by atoms with Gasteiger partial charge in [0.1, 0.15) is 0 Å². The van der Waals surface area contributed by atoms with E-state index in [0.29, 0.717) is 0 Å². The van der Waals surface area contributed by atoms with Crippen LogP contribution in [0, 0.1) is 5.92 Å². The van der Waals surface area contributed by atoms with E-state index in [-0.39, 0.29) is 0 Å². The summed E-state index contributed by atoms with van der Waals surface area (Å²) in [4.78, 5) is 0. The van der Waals surface area contributed by atoms with Crippen LogP contribution in [0.15, 0.2) is 11.6 Å². The Morgan fingerprint density at radius 2 is 2.00 bits per heavy atom. The quantitative estimate of drug-likeness (QED) is 0.427. The monoisotopic (exact) mass is 198 g/mol. The van der Waals surface area contributed by atoms with Gasteiger partial charge in [0.2, 0.25) is 0 Å². The van der Waals surface area contributed by atoms with E-state index in [2.05, 4.69) is 26.8 Å². The molecule has 0 aromatic carbocycles. The van der Waals surface area contributed by atoms with E-state index < -0.39 is 0 Å². The zero-order valence-electron chi connectivity index (χ0n) is 9.18. The van der Waals surface area contributed by atoms with E-state index >= 15 is 0 Å². The lowest BCUT2D eigenvalue weighted by molar-refractivity contribution is 0.521. The SMILES string of the molecule is CC/C=C(\C)C(CCC)CCC=S. The summed E-state index contributed by atoms with van der Waals surface area (Å²) in [6.07, 6.45) is 8.41. The van der Waals surface area contributed by atoms with Crippen molar-refractivity contribution in [2.45, 2.75) is 52.9 Å². The van der Waals surface area contributed by atoms with Gasteiger partial charge >= 0.3 is 0 Å². The van der Waals surface area contributed by atoms with E-state index in [1.165, 1.54) is 19.3 Å². The maximum absolute atomic E-state index is 4.86. The van der Waals surface area contributed by atoms with Crippen LogP contribution in [0.4, 0.5) is 0 Å². The standard InChI is InChI=1S/C12H22S/c1-4-7-11(3)12(8-5-2)9-6-10-13/h7,10,12H,4-6,8-9H2,1-3H3/b11-7+. The van der Waals surface area contributed by atoms with Crippen LogP contribution in [-0.2, 0) is 0 Å². The van der Waals surface area contributed by atoms with Gasteiger partial charge in [-0.1, -0.05) is 44.1 Å². The van der Waals surface area contributed by atoms with E-state index in [1.807, 2.05) is 5.37 Å². The van der Waals surface area contributed by atoms with Gasteiger partial charge in [0.25, 0.3) is 0 Å². The Hall–Kier alpha value is -0.170. The van der Waals surface area contributed by atoms with E-state index in [1.54, 1.807) is 5.57 Å². The first kappa shape index (κ1) is 12.8. The molecule has 0 aromatic rings. The molecule has 0 N–H and O–H groups in total. The van der Waals surface area contributed by atoms with Gasteiger partial charge in [-0.3, -0.25) is 0 Å². The molecule has 0 bridgehead atoms. The van der Waals surface area contributed by atoms with Crippen LogP contribution in [-0.4, -0.2) is 5.37 Å². The van der Waals surface area contributed by atoms with Crippen molar-refractivity contribution < 1.29 is 0 Å². The summed E-state index contributed by atoms with van der Waals surface area (Å²) >= 11 is 4.86. The van der Waals surface area contributed by atoms with Crippen LogP contribution in [0.1, 0.15) is 52.9 Å². The van der Waals surface area contributed by atoms with Crippen molar-refractivity contribution in [2.24, 2.45) is 5.92 Å². The van der Waals surface area contributed by atoms with Crippen LogP contribution in [0.2, 0.25) is 0 Å². The van der Waals surface area contributed by atoms with E-state index in [4.69, 9.17) is 12.2 Å². The van der Waals surface area contributed by atoms with Gasteiger partial charge in [0, 0.05) is 0 Å². The number of hydrogen-bond acceptors (Lipinski definition) is 1. The molecule has 0 spiro atoms. The maximum atomic E-state index is 4.86. The van der Waals surface area contributed by atoms with Gasteiger partial charge < -0.3 is 0 Å². The smallest absolute Gasteiger partial charge is 0.0203 e. The van der Waals surface area contributed by atoms with E-state index in [9.17, 15) is 0 Å². The van der Waals surface area contributed by atoms with Crippen molar-refractivity contribution in [3.63, 3.8) is 0 Å². The number of rotatable bonds is 7. The van der Waals surface area contributed by atoms with Crippen molar-refractivity contribution in [2.75, 3.05) is 0 Å². The molecule has 0 saturated carbocycles. The zero-order chi connectivity index (χ0) is 10.1. The molecule has 1 unspecified atom stereocenters. The van der Waals surface area contributed by atoms with Gasteiger partial charge in [0.05, 0.1) is 0 Å². The molecule has 0 radical (unpaired) electrons. The molecule has 0 heterocycles. The predicted octanol–water partition coefficient (Wildman–Crippen LogP) is 4.54. The minimum Gasteiger partial charge on any atom is -0.0935 e. The van der Waals surface area contributed by atoms with Crippen LogP contribution < -0.4 is 0 Å². The van der Waals surface area contributed by atoms with Crippen molar-refractivity contribution in [1.29, 1.82) is 0 Å². The second-order valence-electron chi connectivity index (χ2n) is 3.59. The lowest BCUT2D eigenvalue weighted by atomic mass is 9.90. The molecule has 1 atom stereocenters. The highest BCUT2D eigenvalue weighted by atomic mass is 32.1. The average Bonchev–Trinajstić information content (AvgIpc) is 2.12. The molecular formula is C12H22S. The molecule has 0 amide bonds. The van der Waals surface area contributed by atoms with Crippen molar-refractivity contribution in [3.05, 3.63) is 11.6 Å². The fourth-order valence-corrected chi connectivity index (χ4v) is 1.84. The number of thiocarbonyl (C=S) groups is 1. The fourth-order valence-electron chi connectivity index (χ4n) is 1.71. The van der Waals surface area contributed by atoms with Crippen molar-refractivity contribution >= 4 is 17.6 Å². The third-order valence-electron chi connectivity index (χ3n) is 2.44. The first-order valence-electron chi connectivity index (χ1n) is 5.36. The molecule has 13 heavy (non-hydrogen) atoms. The third kappa shape index (κ3) is 5.98. The first-order chi connectivity index (χ1) is 6.26. The number of allylic oxidation sites excluding steroid dienone is 2. The summed E-state index contributed by atoms with van der Waals surface area (Å²) in [5.41, 5.74) is 1.56. The van der Waals surface area contributed by atoms with Crippen LogP contribution >= 0.6 is 12.2 Å². The highest BCUT2D eigenvalue weighted by molar-refractivity contribution is 7.78. The molecule has 0 saturated heterocycles. The highest BCUT2D eigenvalue weighted by Gasteiger charge is 2.07. The van der Waals surface area contributed by atoms with Crippen LogP contribution in [0.5, 0.6) is 0 Å². The first-order valence-corrected chi connectivity index (χ1v) is 5.83. The minimum absolute atomic E-state index is 0.768. The summed E-state index contributed by atoms with van der Waals surface area (Å²) in [7, 11) is 0. The third-order valence-corrected chi connectivity index (χ3v) is 2.68. The second kappa shape index (κ2) is 8.43. The molecule has 0 aliphatic rings. The predicted molar refractivity (Wildman–Crippen MR) is 65.3 cm³/mol. The summed E-state index contributed by atoms with van der Waals surface area (Å²) in [5.74, 6) is 0.768. The van der Waals surface area contributed by atoms with Gasteiger partial charge in [-0.2, -0.15) is 0 Å². The molecule has 76 valence electrons. The molecular weight excluding hydrogens is 176 g/mol. The molecule has 0 nitrogen and oxygen atoms in total. The minimum atomic E-state index is 0.768. The Morgan fingerprint density at radius 3 is 2.46 bits per heavy atom. The fraction of sp³-hybridized carbons (Fsp3) is 0.750. The molecule has 1 heteroatoms. The van der Waals surface area contributed by atoms with Gasteiger partial charge in [0.15, 0.2) is 0 Å². The van der Waals surface area contributed by atoms with Crippen molar-refractivity contribution in [3.8, 4) is 0 Å². The second-order valence-corrected chi connectivity index (χ2v) is 3.92. The van der Waals surface area contributed by atoms with Gasteiger partial charge in [-0.15, -0.1) is 0 Å². The van der Waals surface area contributed by atoms with Crippen LogP contribution in [0.25, 0.3) is 0 Å². The largest absolute Gasteiger partial charge is 0.0935 e. The van der Waals surface area contributed by atoms with Gasteiger partial charge in [-0.25, -0.2) is 0 Å². The van der Waals surface area contributed by atoms with Crippen molar-refractivity contribution in [1.82, 2.24) is 0 Å². The lowest BCUT2D eigenvalue weighted by Crippen LogP contribution is -2.02. The normalized spacial score (nSPS) is 14.2. The summed E-state index contributed by atoms with van der Waals surface area (Å²) in [5, 5.41) is 1.86. The maximum Gasteiger partial charge on any atom is -0.0203 e. The molecule has 0 aliphatic heterocycles. The lowest BCUT2D eigenvalue weighted by Gasteiger charge is -2.15. The topological polar surface area (TPSA) is 0 Å². The summed E-state index contributed by atoms with van der Waals surface area (Å²) in [6.45, 7) is 6.71. The summed E-state index contributed by atoms with van der Waals surface area (Å²) < 4.78 is 0.